The van der Waals surface area contributed by atoms with E-state index in [0.717, 1.165) is 16.9 Å². The fourth-order valence-corrected chi connectivity index (χ4v) is 2.73. The minimum absolute atomic E-state index is 0.632. The van der Waals surface area contributed by atoms with Gasteiger partial charge < -0.3 is 31.5 Å². The molecule has 2 unspecified atom stereocenters. The Morgan fingerprint density at radius 1 is 0.917 bits per heavy atom. The maximum Gasteiger partial charge on any atom is 0.126 e. The second-order valence-electron chi connectivity index (χ2n) is 6.00. The first-order valence-electron chi connectivity index (χ1n) is 7.89. The van der Waals surface area contributed by atoms with Gasteiger partial charge in [0.05, 0.1) is 0 Å². The second kappa shape index (κ2) is 7.42. The van der Waals surface area contributed by atoms with E-state index in [1.165, 1.54) is 4.90 Å². The van der Waals surface area contributed by atoms with Gasteiger partial charge in [0, 0.05) is 36.3 Å². The number of benzene rings is 2. The molecule has 0 aliphatic heterocycles. The first-order chi connectivity index (χ1) is 11.3. The van der Waals surface area contributed by atoms with Crippen LogP contribution in [0.3, 0.4) is 0 Å². The van der Waals surface area contributed by atoms with Crippen molar-refractivity contribution in [3.05, 3.63) is 48.0 Å². The SMILES string of the molecule is CC(O)N(c1ccc(N(C)Cc2cc(N)ccc2N)cc1)C(C)O. The quantitative estimate of drug-likeness (QED) is 0.477. The van der Waals surface area contributed by atoms with Crippen LogP contribution in [0.2, 0.25) is 0 Å². The Morgan fingerprint density at radius 2 is 1.46 bits per heavy atom. The molecule has 2 aromatic rings. The van der Waals surface area contributed by atoms with E-state index in [1.54, 1.807) is 19.9 Å². The molecule has 0 saturated carbocycles. The molecular formula is C18H26N4O2. The molecule has 24 heavy (non-hydrogen) atoms. The first kappa shape index (κ1) is 17.9. The van der Waals surface area contributed by atoms with Gasteiger partial charge in [-0.15, -0.1) is 0 Å². The molecule has 0 spiro atoms. The fourth-order valence-electron chi connectivity index (χ4n) is 2.73. The van der Waals surface area contributed by atoms with Crippen LogP contribution in [0, 0.1) is 0 Å². The van der Waals surface area contributed by atoms with Gasteiger partial charge in [0.1, 0.15) is 12.5 Å². The average Bonchev–Trinajstić information content (AvgIpc) is 2.51. The largest absolute Gasteiger partial charge is 0.399 e. The van der Waals surface area contributed by atoms with Gasteiger partial charge in [0.15, 0.2) is 0 Å². The zero-order valence-corrected chi connectivity index (χ0v) is 14.3. The molecule has 0 amide bonds. The number of aliphatic hydroxyl groups is 2. The number of hydrogen-bond acceptors (Lipinski definition) is 6. The van der Waals surface area contributed by atoms with E-state index in [4.69, 9.17) is 11.5 Å². The maximum absolute atomic E-state index is 9.80. The second-order valence-corrected chi connectivity index (χ2v) is 6.00. The van der Waals surface area contributed by atoms with Crippen molar-refractivity contribution in [1.29, 1.82) is 0 Å². The molecule has 0 aromatic heterocycles. The molecule has 0 fully saturated rings. The highest BCUT2D eigenvalue weighted by atomic mass is 16.3. The predicted octanol–water partition coefficient (Wildman–Crippen LogP) is 1.97. The molecule has 0 saturated heterocycles. The zero-order chi connectivity index (χ0) is 17.9. The minimum atomic E-state index is -0.777. The Morgan fingerprint density at radius 3 is 2.00 bits per heavy atom. The normalized spacial score (nSPS) is 13.4. The van der Waals surface area contributed by atoms with Crippen molar-refractivity contribution < 1.29 is 10.2 Å². The highest BCUT2D eigenvalue weighted by Crippen LogP contribution is 2.25. The standard InChI is InChI=1S/C18H26N4O2/c1-12(23)22(13(2)24)17-7-5-16(6-8-17)21(3)11-14-10-15(19)4-9-18(14)20/h4-10,12-13,23-24H,11,19-20H2,1-3H3. The third kappa shape index (κ3) is 4.10. The van der Waals surface area contributed by atoms with Crippen molar-refractivity contribution in [3.8, 4) is 0 Å². The van der Waals surface area contributed by atoms with Crippen LogP contribution in [0.15, 0.2) is 42.5 Å². The number of nitrogens with two attached hydrogens (primary N) is 2. The van der Waals surface area contributed by atoms with E-state index in [1.807, 2.05) is 43.4 Å². The van der Waals surface area contributed by atoms with E-state index < -0.39 is 12.5 Å². The lowest BCUT2D eigenvalue weighted by molar-refractivity contribution is 0.105. The summed E-state index contributed by atoms with van der Waals surface area (Å²) in [6, 6.07) is 13.1. The number of nitrogens with zero attached hydrogens (tertiary/aromatic N) is 2. The highest BCUT2D eigenvalue weighted by Gasteiger charge is 2.17. The summed E-state index contributed by atoms with van der Waals surface area (Å²) in [5.41, 5.74) is 15.9. The monoisotopic (exact) mass is 330 g/mol. The maximum atomic E-state index is 9.80. The van der Waals surface area contributed by atoms with Crippen molar-refractivity contribution in [2.45, 2.75) is 32.8 Å². The lowest BCUT2D eigenvalue weighted by atomic mass is 10.1. The molecule has 0 heterocycles. The summed E-state index contributed by atoms with van der Waals surface area (Å²) in [5, 5.41) is 19.6. The third-order valence-electron chi connectivity index (χ3n) is 3.97. The van der Waals surface area contributed by atoms with Crippen LogP contribution >= 0.6 is 0 Å². The summed E-state index contributed by atoms with van der Waals surface area (Å²) in [6.45, 7) is 3.87. The summed E-state index contributed by atoms with van der Waals surface area (Å²) < 4.78 is 0. The van der Waals surface area contributed by atoms with E-state index in [2.05, 4.69) is 4.90 Å². The van der Waals surface area contributed by atoms with Gasteiger partial charge >= 0.3 is 0 Å². The summed E-state index contributed by atoms with van der Waals surface area (Å²) in [6.07, 6.45) is -1.55. The molecule has 6 heteroatoms. The molecule has 6 nitrogen and oxygen atoms in total. The molecule has 0 aliphatic carbocycles. The Bertz CT molecular complexity index is 663. The number of nitrogen functional groups attached to an aromatic ring is 2. The van der Waals surface area contributed by atoms with Gasteiger partial charge in [-0.1, -0.05) is 0 Å². The van der Waals surface area contributed by atoms with Crippen LogP contribution < -0.4 is 21.3 Å². The van der Waals surface area contributed by atoms with Gasteiger partial charge in [0.2, 0.25) is 0 Å². The van der Waals surface area contributed by atoms with Crippen LogP contribution in [0.1, 0.15) is 19.4 Å². The van der Waals surface area contributed by atoms with Crippen LogP contribution in [0.5, 0.6) is 0 Å². The number of anilines is 4. The average molecular weight is 330 g/mol. The van der Waals surface area contributed by atoms with E-state index in [-0.39, 0.29) is 0 Å². The van der Waals surface area contributed by atoms with Crippen molar-refractivity contribution in [2.75, 3.05) is 28.3 Å². The summed E-state index contributed by atoms with van der Waals surface area (Å²) in [7, 11) is 1.97. The van der Waals surface area contributed by atoms with Gasteiger partial charge in [-0.2, -0.15) is 0 Å². The van der Waals surface area contributed by atoms with Crippen LogP contribution in [0.4, 0.5) is 22.7 Å². The van der Waals surface area contributed by atoms with E-state index in [0.29, 0.717) is 17.9 Å². The number of rotatable bonds is 6. The zero-order valence-electron chi connectivity index (χ0n) is 14.3. The molecular weight excluding hydrogens is 304 g/mol. The lowest BCUT2D eigenvalue weighted by Gasteiger charge is -2.31. The minimum Gasteiger partial charge on any atom is -0.399 e. The summed E-state index contributed by atoms with van der Waals surface area (Å²) in [5.74, 6) is 0. The Hall–Kier alpha value is -2.44. The van der Waals surface area contributed by atoms with E-state index in [9.17, 15) is 10.2 Å². The highest BCUT2D eigenvalue weighted by molar-refractivity contribution is 5.59. The van der Waals surface area contributed by atoms with Crippen molar-refractivity contribution >= 4 is 22.7 Å². The number of aliphatic hydroxyl groups excluding tert-OH is 2. The van der Waals surface area contributed by atoms with Crippen LogP contribution in [0.25, 0.3) is 0 Å². The molecule has 2 atom stereocenters. The van der Waals surface area contributed by atoms with Crippen molar-refractivity contribution in [3.63, 3.8) is 0 Å². The lowest BCUT2D eigenvalue weighted by Crippen LogP contribution is -2.40. The first-order valence-corrected chi connectivity index (χ1v) is 7.89. The topological polar surface area (TPSA) is 99.0 Å². The molecule has 130 valence electrons. The van der Waals surface area contributed by atoms with Gasteiger partial charge in [-0.05, 0) is 61.9 Å². The van der Waals surface area contributed by atoms with Crippen molar-refractivity contribution in [1.82, 2.24) is 0 Å². The number of hydrogen-bond donors (Lipinski definition) is 4. The molecule has 2 aromatic carbocycles. The predicted molar refractivity (Wildman–Crippen MR) is 99.7 cm³/mol. The van der Waals surface area contributed by atoms with Crippen molar-refractivity contribution in [2.24, 2.45) is 0 Å². The van der Waals surface area contributed by atoms with Gasteiger partial charge in [-0.25, -0.2) is 0 Å². The Balaban J connectivity index is 2.16. The van der Waals surface area contributed by atoms with Gasteiger partial charge in [-0.3, -0.25) is 0 Å². The molecule has 2 rings (SSSR count). The van der Waals surface area contributed by atoms with E-state index >= 15 is 0 Å². The molecule has 0 radical (unpaired) electrons. The Kier molecular flexibility index (Phi) is 5.54. The molecule has 0 aliphatic rings. The van der Waals surface area contributed by atoms with Crippen LogP contribution in [-0.4, -0.2) is 29.7 Å². The molecule has 0 bridgehead atoms. The van der Waals surface area contributed by atoms with Crippen LogP contribution in [-0.2, 0) is 6.54 Å². The Labute approximate surface area is 142 Å². The van der Waals surface area contributed by atoms with Gasteiger partial charge in [0.25, 0.3) is 0 Å². The smallest absolute Gasteiger partial charge is 0.126 e. The summed E-state index contributed by atoms with van der Waals surface area (Å²) >= 11 is 0. The third-order valence-corrected chi connectivity index (χ3v) is 3.97. The molecule has 6 N–H and O–H groups in total. The fraction of sp³-hybridized carbons (Fsp3) is 0.333. The summed E-state index contributed by atoms with van der Waals surface area (Å²) in [4.78, 5) is 3.59.